The van der Waals surface area contributed by atoms with Crippen LogP contribution in [0.1, 0.15) is 26.0 Å². The van der Waals surface area contributed by atoms with Gasteiger partial charge in [-0.3, -0.25) is 9.78 Å². The number of amides is 1. The summed E-state index contributed by atoms with van der Waals surface area (Å²) in [4.78, 5) is 38.7. The lowest BCUT2D eigenvalue weighted by atomic mass is 9.93. The van der Waals surface area contributed by atoms with Crippen molar-refractivity contribution in [1.82, 2.24) is 14.8 Å². The Hall–Kier alpha value is -3.05. The highest BCUT2D eigenvalue weighted by Gasteiger charge is 2.44. The molecule has 2 fully saturated rings. The molecule has 1 aromatic rings. The molecule has 234 valence electrons. The highest BCUT2D eigenvalue weighted by Crippen LogP contribution is 2.33. The van der Waals surface area contributed by atoms with Crippen LogP contribution in [-0.4, -0.2) is 113 Å². The normalized spacial score (nSPS) is 21.1. The van der Waals surface area contributed by atoms with Crippen molar-refractivity contribution in [1.29, 1.82) is 0 Å². The van der Waals surface area contributed by atoms with Crippen LogP contribution < -0.4 is 0 Å². The number of nitrogens with zero attached hydrogens (tertiary/aromatic N) is 3. The van der Waals surface area contributed by atoms with Gasteiger partial charge in [-0.2, -0.15) is 26.3 Å². The lowest BCUT2D eigenvalue weighted by Crippen LogP contribution is -2.47. The first-order valence-corrected chi connectivity index (χ1v) is 12.2. The van der Waals surface area contributed by atoms with Crippen LogP contribution in [0.15, 0.2) is 18.3 Å². The number of carbonyl (C=O) groups excluding carboxylic acids is 1. The van der Waals surface area contributed by atoms with Gasteiger partial charge in [-0.05, 0) is 45.4 Å². The zero-order valence-electron chi connectivity index (χ0n) is 22.5. The first-order valence-electron chi connectivity index (χ1n) is 12.2. The van der Waals surface area contributed by atoms with Crippen molar-refractivity contribution >= 4 is 17.8 Å². The number of ether oxygens (including phenoxy) is 2. The molecule has 0 aliphatic carbocycles. The average molecular weight is 608 g/mol. The molecule has 17 heteroatoms. The molecule has 1 amide bonds. The van der Waals surface area contributed by atoms with Crippen molar-refractivity contribution in [2.45, 2.75) is 50.7 Å². The van der Waals surface area contributed by atoms with Crippen LogP contribution in [0.4, 0.5) is 30.7 Å². The topological polar surface area (TPSA) is 130 Å². The van der Waals surface area contributed by atoms with Crippen LogP contribution in [0.5, 0.6) is 0 Å². The highest BCUT2D eigenvalue weighted by atomic mass is 19.4. The summed E-state index contributed by atoms with van der Waals surface area (Å²) in [5.41, 5.74) is 0.148. The van der Waals surface area contributed by atoms with Gasteiger partial charge in [0.15, 0.2) is 0 Å². The third-order valence-electron chi connectivity index (χ3n) is 6.02. The summed E-state index contributed by atoms with van der Waals surface area (Å²) in [6, 6.07) is 3.38. The number of hydrogen-bond acceptors (Lipinski definition) is 7. The number of carboxylic acid groups (broad SMARTS) is 2. The third kappa shape index (κ3) is 13.0. The summed E-state index contributed by atoms with van der Waals surface area (Å²) in [6.45, 7) is 8.15. The molecule has 3 heterocycles. The molecule has 1 spiro atoms. The van der Waals surface area contributed by atoms with E-state index >= 15 is 0 Å². The van der Waals surface area contributed by atoms with E-state index in [1.165, 1.54) is 6.07 Å². The van der Waals surface area contributed by atoms with Crippen molar-refractivity contribution < 1.29 is 64.8 Å². The molecule has 0 saturated carbocycles. The van der Waals surface area contributed by atoms with E-state index in [4.69, 9.17) is 29.3 Å². The van der Waals surface area contributed by atoms with Gasteiger partial charge >= 0.3 is 24.3 Å². The molecule has 2 unspecified atom stereocenters. The van der Waals surface area contributed by atoms with Gasteiger partial charge in [0, 0.05) is 24.8 Å². The first-order chi connectivity index (χ1) is 18.8. The molecular weight excluding hydrogens is 575 g/mol. The Kier molecular flexibility index (Phi) is 13.4. The lowest BCUT2D eigenvalue weighted by Gasteiger charge is -2.31. The van der Waals surface area contributed by atoms with E-state index in [0.29, 0.717) is 50.6 Å². The Morgan fingerprint density at radius 3 is 2.15 bits per heavy atom. The standard InChI is InChI=1S/C20H30FN3O3.2C2HF3O2/c1-15(2)23(3)11-16-9-20(27-12-16)13-24(6-7-26-14-20)19(25)8-18-5-4-17(21)10-22-18;2*3-2(4,5)1(6)7/h4-5,10,15-16H,6-9,11-14H2,1-3H3;2*(H,6,7). The average Bonchev–Trinajstić information content (AvgIpc) is 3.11. The number of aromatic nitrogens is 1. The highest BCUT2D eigenvalue weighted by molar-refractivity contribution is 5.78. The largest absolute Gasteiger partial charge is 0.490 e. The second-order valence-corrected chi connectivity index (χ2v) is 9.72. The third-order valence-corrected chi connectivity index (χ3v) is 6.02. The Bertz CT molecular complexity index is 983. The minimum atomic E-state index is -5.08. The van der Waals surface area contributed by atoms with Crippen LogP contribution >= 0.6 is 0 Å². The minimum absolute atomic E-state index is 0.0228. The maximum absolute atomic E-state index is 13.0. The number of alkyl halides is 6. The second kappa shape index (κ2) is 15.3. The van der Waals surface area contributed by atoms with E-state index in [9.17, 15) is 35.5 Å². The number of carboxylic acids is 2. The lowest BCUT2D eigenvalue weighted by molar-refractivity contribution is -0.193. The Morgan fingerprint density at radius 1 is 1.12 bits per heavy atom. The van der Waals surface area contributed by atoms with E-state index in [2.05, 4.69) is 30.8 Å². The molecule has 0 aromatic carbocycles. The molecule has 0 radical (unpaired) electrons. The maximum Gasteiger partial charge on any atom is 0.490 e. The molecule has 2 saturated heterocycles. The zero-order chi connectivity index (χ0) is 31.6. The van der Waals surface area contributed by atoms with Crippen LogP contribution in [0.2, 0.25) is 0 Å². The van der Waals surface area contributed by atoms with Gasteiger partial charge in [0.1, 0.15) is 11.4 Å². The predicted octanol–water partition coefficient (Wildman–Crippen LogP) is 3.00. The Morgan fingerprint density at radius 2 is 1.68 bits per heavy atom. The number of aliphatic carboxylic acids is 2. The summed E-state index contributed by atoms with van der Waals surface area (Å²) in [6.07, 6.45) is -7.97. The number of pyridine rings is 1. The number of rotatable bonds is 5. The molecular formula is C24H32F7N3O7. The molecule has 2 aliphatic rings. The SMILES string of the molecule is CC(C)N(C)CC1COC2(COCCN(C(=O)Cc3ccc(F)cn3)C2)C1.O=C(O)C(F)(F)F.O=C(O)C(F)(F)F. The summed E-state index contributed by atoms with van der Waals surface area (Å²) in [5, 5.41) is 14.2. The summed E-state index contributed by atoms with van der Waals surface area (Å²) in [5.74, 6) is -5.50. The second-order valence-electron chi connectivity index (χ2n) is 9.72. The fraction of sp³-hybridized carbons (Fsp3) is 0.667. The molecule has 2 atom stereocenters. The van der Waals surface area contributed by atoms with E-state index < -0.39 is 35.7 Å². The molecule has 1 aromatic heterocycles. The van der Waals surface area contributed by atoms with Crippen LogP contribution in [-0.2, 0) is 30.3 Å². The van der Waals surface area contributed by atoms with Crippen molar-refractivity contribution in [2.24, 2.45) is 5.92 Å². The fourth-order valence-corrected chi connectivity index (χ4v) is 3.78. The van der Waals surface area contributed by atoms with Crippen molar-refractivity contribution in [3.05, 3.63) is 29.8 Å². The molecule has 0 bridgehead atoms. The van der Waals surface area contributed by atoms with Gasteiger partial charge in [0.05, 0.1) is 39.0 Å². The summed E-state index contributed by atoms with van der Waals surface area (Å²) >= 11 is 0. The Balaban J connectivity index is 0.000000497. The molecule has 41 heavy (non-hydrogen) atoms. The minimum Gasteiger partial charge on any atom is -0.475 e. The van der Waals surface area contributed by atoms with Crippen LogP contribution in [0, 0.1) is 11.7 Å². The molecule has 10 nitrogen and oxygen atoms in total. The molecule has 2 N–H and O–H groups in total. The number of carbonyl (C=O) groups is 3. The number of hydrogen-bond donors (Lipinski definition) is 2. The quantitative estimate of drug-likeness (QED) is 0.486. The smallest absolute Gasteiger partial charge is 0.475 e. The van der Waals surface area contributed by atoms with E-state index in [1.54, 1.807) is 6.07 Å². The predicted molar refractivity (Wildman–Crippen MR) is 127 cm³/mol. The number of halogens is 7. The van der Waals surface area contributed by atoms with E-state index in [-0.39, 0.29) is 12.3 Å². The zero-order valence-corrected chi connectivity index (χ0v) is 22.5. The van der Waals surface area contributed by atoms with Crippen LogP contribution in [0.3, 0.4) is 0 Å². The van der Waals surface area contributed by atoms with Gasteiger partial charge in [-0.15, -0.1) is 0 Å². The van der Waals surface area contributed by atoms with Crippen molar-refractivity contribution in [3.63, 3.8) is 0 Å². The van der Waals surface area contributed by atoms with Gasteiger partial charge in [0.2, 0.25) is 5.91 Å². The Labute approximate surface area is 231 Å². The first kappa shape index (κ1) is 36.0. The molecule has 2 aliphatic heterocycles. The van der Waals surface area contributed by atoms with Crippen molar-refractivity contribution in [3.8, 4) is 0 Å². The van der Waals surface area contributed by atoms with Crippen LogP contribution in [0.25, 0.3) is 0 Å². The summed E-state index contributed by atoms with van der Waals surface area (Å²) in [7, 11) is 2.13. The maximum atomic E-state index is 13.0. The van der Waals surface area contributed by atoms with E-state index in [0.717, 1.165) is 19.2 Å². The monoisotopic (exact) mass is 607 g/mol. The van der Waals surface area contributed by atoms with E-state index in [1.807, 2.05) is 4.90 Å². The van der Waals surface area contributed by atoms with Gasteiger partial charge < -0.3 is 29.5 Å². The molecule has 3 rings (SSSR count). The summed E-state index contributed by atoms with van der Waals surface area (Å²) < 4.78 is 88.5. The van der Waals surface area contributed by atoms with Gasteiger partial charge in [0.25, 0.3) is 0 Å². The van der Waals surface area contributed by atoms with Gasteiger partial charge in [-0.1, -0.05) is 0 Å². The van der Waals surface area contributed by atoms with Gasteiger partial charge in [-0.25, -0.2) is 14.0 Å². The fourth-order valence-electron chi connectivity index (χ4n) is 3.78. The van der Waals surface area contributed by atoms with Crippen molar-refractivity contribution in [2.75, 3.05) is 46.5 Å².